The molecule has 10 aromatic rings. The Morgan fingerprint density at radius 2 is 0.903 bits per heavy atom. The number of carbonyl (C=O) groups excluding carboxylic acids is 4. The van der Waals surface area contributed by atoms with Gasteiger partial charge in [0.25, 0.3) is 16.7 Å². The molecule has 0 spiro atoms. The van der Waals surface area contributed by atoms with Gasteiger partial charge in [-0.25, -0.2) is 40.4 Å². The fourth-order valence-electron chi connectivity index (χ4n) is 11.7. The van der Waals surface area contributed by atoms with E-state index in [9.17, 15) is 59.9 Å². The number of benzene rings is 6. The fourth-order valence-corrected chi connectivity index (χ4v) is 13.8. The molecule has 7 heterocycles. The number of aliphatic hydroxyl groups excluding tert-OH is 1. The number of thiocarbonyl (C=S) groups is 1. The number of aromatic nitrogens is 8. The topological polar surface area (TPSA) is 374 Å². The van der Waals surface area contributed by atoms with Gasteiger partial charge in [-0.2, -0.15) is 20.6 Å². The molecule has 3 saturated heterocycles. The number of nitrogens with two attached hydrogens (primary N) is 1. The summed E-state index contributed by atoms with van der Waals surface area (Å²) in [5.41, 5.74) is 9.47. The predicted molar refractivity (Wildman–Crippen MR) is 454 cm³/mol. The second-order valence-corrected chi connectivity index (χ2v) is 31.8. The third-order valence-electron chi connectivity index (χ3n) is 17.6. The fraction of sp³-hybridized carbons (Fsp3) is 0.325. The molecule has 0 atom stereocenters. The van der Waals surface area contributed by atoms with Crippen LogP contribution in [0.25, 0.3) is 45.2 Å². The number of nitriles is 1. The zero-order valence-electron chi connectivity index (χ0n) is 67.8. The van der Waals surface area contributed by atoms with Gasteiger partial charge in [0.15, 0.2) is 16.7 Å². The Labute approximate surface area is 742 Å². The van der Waals surface area contributed by atoms with Crippen LogP contribution in [-0.2, 0) is 74.2 Å². The number of hydrogen-bond acceptors (Lipinski definition) is 27. The zero-order chi connectivity index (χ0) is 89.7. The molecule has 6 N–H and O–H groups in total. The van der Waals surface area contributed by atoms with E-state index in [2.05, 4.69) is 66.8 Å². The zero-order valence-corrected chi connectivity index (χ0v) is 76.4. The van der Waals surface area contributed by atoms with Crippen LogP contribution < -0.4 is 38.4 Å². The van der Waals surface area contributed by atoms with E-state index in [1.165, 1.54) is 88.2 Å². The molecular weight excluding hydrogens is 1890 g/mol. The number of rotatable bonds is 27. The first-order valence-electron chi connectivity index (χ1n) is 38.4. The largest absolute Gasteiger partial charge is 0.403 e. The van der Waals surface area contributed by atoms with E-state index in [1.807, 2.05) is 24.3 Å². The summed E-state index contributed by atoms with van der Waals surface area (Å²) in [5, 5.41) is 48.0. The van der Waals surface area contributed by atoms with Crippen LogP contribution in [0.4, 0.5) is 32.4 Å². The Morgan fingerprint density at radius 3 is 1.30 bits per heavy atom. The van der Waals surface area contributed by atoms with Crippen LogP contribution in [0.3, 0.4) is 0 Å². The van der Waals surface area contributed by atoms with Gasteiger partial charge in [0.05, 0.1) is 94.8 Å². The number of ketones is 2. The molecule has 13 rings (SSSR count). The van der Waals surface area contributed by atoms with Crippen LogP contribution in [0.15, 0.2) is 183 Å². The van der Waals surface area contributed by atoms with Gasteiger partial charge in [0, 0.05) is 155 Å². The minimum Gasteiger partial charge on any atom is -0.403 e. The number of nitrogens with zero attached hydrogens (tertiary/aromatic N) is 12. The normalized spacial score (nSPS) is 12.9. The van der Waals surface area contributed by atoms with E-state index in [1.54, 1.807) is 48.5 Å². The monoisotopic (exact) mass is 1980 g/mol. The summed E-state index contributed by atoms with van der Waals surface area (Å²) in [5.74, 6) is -4.21. The number of thiocyanates is 1. The van der Waals surface area contributed by atoms with E-state index in [4.69, 9.17) is 70.1 Å². The molecule has 3 aliphatic heterocycles. The number of Topliss-reactive ketones (excluding diaryl/α,β-unsaturated/α-hetero) is 2. The molecule has 0 aliphatic carbocycles. The second kappa shape index (κ2) is 55.0. The average Bonchev–Trinajstić information content (AvgIpc) is 1.31. The Hall–Kier alpha value is -10.5. The van der Waals surface area contributed by atoms with Crippen LogP contribution >= 0.6 is 47.2 Å². The summed E-state index contributed by atoms with van der Waals surface area (Å²) in [6.07, 6.45) is 0. The van der Waals surface area contributed by atoms with Crippen molar-refractivity contribution in [3.8, 4) is 50.6 Å². The first-order valence-corrected chi connectivity index (χ1v) is 45.3. The van der Waals surface area contributed by atoms with E-state index < -0.39 is 60.4 Å². The molecule has 0 amide bonds. The van der Waals surface area contributed by atoms with Gasteiger partial charge < -0.3 is 45.4 Å². The molecule has 41 heteroatoms. The van der Waals surface area contributed by atoms with Crippen molar-refractivity contribution in [1.29, 1.82) is 5.26 Å². The maximum atomic E-state index is 13.6. The Kier molecular flexibility index (Phi) is 44.6. The first kappa shape index (κ1) is 101. The van der Waals surface area contributed by atoms with Crippen molar-refractivity contribution >= 4 is 81.8 Å². The SMILES string of the molecule is CC(=O)[O][Hg][O]C(C)=O.CO.ClCCl.N#CSCCN1CCOCC1.NCC(=O)c1cccc(Cn2nc(-c3cc(F)cc(F)c3)ccc2=O)c1.O=C(CNC(=S)NCCN1CCOCC1)c1cccc(Cn2nc(-c3cc(F)cc(F)c3)ccc2=O)c1.O=c1ccc(-c2cc(F)cc(F)c2)nn1Cc1cccc(-c2nnc(NCCN3CCOCC3)o2)c1. The number of morpholine rings is 3. The van der Waals surface area contributed by atoms with Crippen molar-refractivity contribution in [2.75, 3.05) is 148 Å². The standard InChI is InChI=1S/C26H27F2N5O3S.C25H24F2N6O3.C19H15F2N3O2.C7H12N2OS.2C2H4O2.CH2Cl2.CH4O.Hg/c27-21-13-20(14-22(28)15-21)23-4-5-25(35)33(31-23)17-18-2-1-3-19(12-18)24(34)16-30-26(37)29-6-7-32-8-10-36-11-9-32;26-20-13-19(14-21(27)15-20)22-4-5-23(34)33(31-22)16-17-2-1-3-18(12-17)24-29-30-25(36-24)28-6-7-32-8-10-35-11-9-32;20-15-7-14(8-16(21)9-15)17-4-5-19(26)24(23-17)11-12-2-1-3-13(6-12)18(25)10-22;8-7-11-6-3-9-1-4-10-5-2-9;2*1-2(3)4;2-1-3;1-2;/h1-5,12-15H,6-11,16-17H2,(H2,29,30,37);1-5,12-15H,6-11,16H2,(H,28,30);1-9H,10-11,22H2;1-6H2;2*1H3,(H,3,4);1H2;2H,1H3;/q;;;;;;;;+2/p-2. The number of hydrogen-bond donors (Lipinski definition) is 5. The molecule has 3 aliphatic rings. The summed E-state index contributed by atoms with van der Waals surface area (Å²) in [6.45, 7) is 17.2. The van der Waals surface area contributed by atoms with Crippen LogP contribution in [0.2, 0.25) is 0 Å². The summed E-state index contributed by atoms with van der Waals surface area (Å²) in [6, 6.07) is 38.6. The number of thioether (sulfide) groups is 1. The van der Waals surface area contributed by atoms with E-state index in [0.29, 0.717) is 57.9 Å². The molecule has 124 heavy (non-hydrogen) atoms. The number of halogens is 8. The third kappa shape index (κ3) is 36.4. The Bertz CT molecular complexity index is 5280. The molecule has 30 nitrogen and oxygen atoms in total. The van der Waals surface area contributed by atoms with Gasteiger partial charge in [-0.15, -0.1) is 28.3 Å². The van der Waals surface area contributed by atoms with E-state index in [0.717, 1.165) is 159 Å². The maximum absolute atomic E-state index is 13.6. The number of aliphatic hydroxyl groups is 1. The van der Waals surface area contributed by atoms with Crippen molar-refractivity contribution in [2.45, 2.75) is 33.5 Å². The molecule has 0 saturated carbocycles. The maximum Gasteiger partial charge on any atom is 0.315 e. The van der Waals surface area contributed by atoms with Crippen LogP contribution in [0.5, 0.6) is 0 Å². The Balaban J connectivity index is 0.000000226. The third-order valence-corrected chi connectivity index (χ3v) is 22.5. The molecule has 6 aromatic carbocycles. The van der Waals surface area contributed by atoms with Crippen molar-refractivity contribution in [3.63, 3.8) is 0 Å². The van der Waals surface area contributed by atoms with Crippen LogP contribution in [0, 0.1) is 45.6 Å². The molecule has 0 bridgehead atoms. The van der Waals surface area contributed by atoms with E-state index >= 15 is 0 Å². The van der Waals surface area contributed by atoms with E-state index in [-0.39, 0.29) is 112 Å². The first-order chi connectivity index (χ1) is 59.8. The van der Waals surface area contributed by atoms with Gasteiger partial charge in [-0.3, -0.25) is 38.7 Å². The van der Waals surface area contributed by atoms with Crippen molar-refractivity contribution in [2.24, 2.45) is 5.73 Å². The molecule has 0 radical (unpaired) electrons. The summed E-state index contributed by atoms with van der Waals surface area (Å²) in [7, 11) is 1.00. The summed E-state index contributed by atoms with van der Waals surface area (Å²) < 4.78 is 116. The summed E-state index contributed by atoms with van der Waals surface area (Å²) in [4.78, 5) is 88.3. The number of ether oxygens (including phenoxy) is 3. The minimum absolute atomic E-state index is 0.0195. The van der Waals surface area contributed by atoms with Gasteiger partial charge in [0.2, 0.25) is 5.89 Å². The molecule has 4 aromatic heterocycles. The van der Waals surface area contributed by atoms with Crippen LogP contribution in [-0.4, -0.2) is 231 Å². The predicted octanol–water partition coefficient (Wildman–Crippen LogP) is 9.21. The van der Waals surface area contributed by atoms with Crippen molar-refractivity contribution in [1.82, 2.24) is 64.9 Å². The van der Waals surface area contributed by atoms with Gasteiger partial charge in [-0.1, -0.05) is 53.6 Å². The minimum atomic E-state index is -2.04. The molecule has 0 unspecified atom stereocenters. The number of carbonyl (C=O) groups is 4. The van der Waals surface area contributed by atoms with Crippen molar-refractivity contribution in [3.05, 3.63) is 258 Å². The number of anilines is 1. The van der Waals surface area contributed by atoms with Gasteiger partial charge in [0.1, 0.15) is 40.3 Å². The smallest absolute Gasteiger partial charge is 0.315 e. The molecule has 656 valence electrons. The quantitative estimate of drug-likeness (QED) is 0.00608. The second-order valence-electron chi connectivity index (χ2n) is 26.5. The average molecular weight is 1990 g/mol. The number of nitrogens with one attached hydrogen (secondary N) is 3. The molecular formula is C83H90Cl2F6HgN16O14S2. The Morgan fingerprint density at radius 1 is 0.524 bits per heavy atom. The molecule has 3 fully saturated rings. The van der Waals surface area contributed by atoms with Crippen LogP contribution in [0.1, 0.15) is 51.3 Å². The van der Waals surface area contributed by atoms with Crippen molar-refractivity contribution < 1.29 is 100 Å². The number of alkyl halides is 2. The summed E-state index contributed by atoms with van der Waals surface area (Å²) >= 11 is 14.1. The van der Waals surface area contributed by atoms with Gasteiger partial charge in [-0.05, 0) is 120 Å². The van der Waals surface area contributed by atoms with Gasteiger partial charge >= 0.3 is 72.2 Å².